The van der Waals surface area contributed by atoms with E-state index in [1.165, 1.54) is 18.2 Å². The van der Waals surface area contributed by atoms with E-state index >= 15 is 0 Å². The van der Waals surface area contributed by atoms with Crippen LogP contribution in [-0.2, 0) is 12.4 Å². The summed E-state index contributed by atoms with van der Waals surface area (Å²) in [4.78, 5) is 12.8. The van der Waals surface area contributed by atoms with E-state index in [-0.39, 0.29) is 37.9 Å². The first-order chi connectivity index (χ1) is 14.5. The van der Waals surface area contributed by atoms with Crippen LogP contribution in [0.15, 0.2) is 36.4 Å². The third-order valence-electron chi connectivity index (χ3n) is 4.04. The van der Waals surface area contributed by atoms with Crippen LogP contribution in [0.3, 0.4) is 0 Å². The van der Waals surface area contributed by atoms with E-state index < -0.39 is 43.1 Å². The quantitative estimate of drug-likeness (QED) is 0.317. The van der Waals surface area contributed by atoms with Gasteiger partial charge in [0.05, 0.1) is 24.3 Å². The smallest absolute Gasteiger partial charge is 1.00 e. The molecule has 0 aliphatic carbocycles. The summed E-state index contributed by atoms with van der Waals surface area (Å²) in [5.41, 5.74) is -5.88. The average molecular weight is 474 g/mol. The third-order valence-corrected chi connectivity index (χ3v) is 5.20. The summed E-state index contributed by atoms with van der Waals surface area (Å²) in [5, 5.41) is 0.201. The first-order valence-electron chi connectivity index (χ1n) is 9.47. The SMILES string of the molecule is CCCOc1ccc(PC(=O)c2c(C(F)(F)F)cccc2C(F)(F)F)c(OCCC)c1.[H-].[Li+]. The van der Waals surface area contributed by atoms with Crippen LogP contribution in [0.1, 0.15) is 49.6 Å². The number of halogens is 6. The molecular formula is C21H22F6LiO3P. The van der Waals surface area contributed by atoms with Crippen LogP contribution >= 0.6 is 8.58 Å². The van der Waals surface area contributed by atoms with Crippen molar-refractivity contribution in [3.8, 4) is 11.5 Å². The average Bonchev–Trinajstić information content (AvgIpc) is 2.70. The fourth-order valence-electron chi connectivity index (χ4n) is 2.70. The van der Waals surface area contributed by atoms with Crippen molar-refractivity contribution in [3.63, 3.8) is 0 Å². The number of carbonyl (C=O) groups is 1. The van der Waals surface area contributed by atoms with E-state index in [0.717, 1.165) is 6.42 Å². The van der Waals surface area contributed by atoms with Gasteiger partial charge in [-0.05, 0) is 45.7 Å². The van der Waals surface area contributed by atoms with E-state index in [2.05, 4.69) is 0 Å². The van der Waals surface area contributed by atoms with Gasteiger partial charge in [0.2, 0.25) is 0 Å². The summed E-state index contributed by atoms with van der Waals surface area (Å²) in [6.07, 6.45) is -8.88. The zero-order valence-electron chi connectivity index (χ0n) is 18.8. The van der Waals surface area contributed by atoms with E-state index in [4.69, 9.17) is 9.47 Å². The first kappa shape index (κ1) is 28.4. The molecule has 2 rings (SSSR count). The Balaban J connectivity index is 0.00000512. The summed E-state index contributed by atoms with van der Waals surface area (Å²) in [5.74, 6) is 0.626. The molecule has 0 fully saturated rings. The number of rotatable bonds is 9. The topological polar surface area (TPSA) is 35.5 Å². The first-order valence-corrected chi connectivity index (χ1v) is 10.5. The van der Waals surface area contributed by atoms with E-state index in [0.29, 0.717) is 37.0 Å². The Labute approximate surface area is 197 Å². The standard InChI is InChI=1S/C21H21F6O3P.Li.H/c1-3-10-29-13-8-9-17(16(12-13)30-11-4-2)31-19(28)18-14(20(22,23)24)6-5-7-15(18)21(25,26)27;;/h5-9,12,31H,3-4,10-11H2,1-2H3;;/q;+1;-1. The maximum Gasteiger partial charge on any atom is 1.00 e. The van der Waals surface area contributed by atoms with Gasteiger partial charge in [0.1, 0.15) is 11.5 Å². The van der Waals surface area contributed by atoms with Crippen LogP contribution < -0.4 is 33.6 Å². The summed E-state index contributed by atoms with van der Waals surface area (Å²) in [6.45, 7) is 4.41. The molecule has 0 radical (unpaired) electrons. The van der Waals surface area contributed by atoms with Crippen LogP contribution in [0.25, 0.3) is 0 Å². The van der Waals surface area contributed by atoms with Gasteiger partial charge in [0, 0.05) is 16.9 Å². The predicted octanol–water partition coefficient (Wildman–Crippen LogP) is 3.56. The van der Waals surface area contributed by atoms with Gasteiger partial charge in [-0.2, -0.15) is 26.3 Å². The molecule has 32 heavy (non-hydrogen) atoms. The minimum Gasteiger partial charge on any atom is -1.00 e. The number of alkyl halides is 6. The number of ether oxygens (including phenoxy) is 2. The summed E-state index contributed by atoms with van der Waals surface area (Å²) in [7, 11) is -1.00. The van der Waals surface area contributed by atoms with Gasteiger partial charge in [0.25, 0.3) is 0 Å². The van der Waals surface area contributed by atoms with Crippen molar-refractivity contribution in [2.45, 2.75) is 39.0 Å². The maximum absolute atomic E-state index is 13.4. The second kappa shape index (κ2) is 12.0. The fraction of sp³-hybridized carbons (Fsp3) is 0.381. The van der Waals surface area contributed by atoms with Gasteiger partial charge >= 0.3 is 31.2 Å². The van der Waals surface area contributed by atoms with Crippen LogP contribution in [0, 0.1) is 0 Å². The van der Waals surface area contributed by atoms with Gasteiger partial charge in [-0.25, -0.2) is 0 Å². The van der Waals surface area contributed by atoms with Crippen LogP contribution in [-0.4, -0.2) is 18.7 Å². The molecule has 11 heteroatoms. The Morgan fingerprint density at radius 1 is 0.906 bits per heavy atom. The number of hydrogen-bond acceptors (Lipinski definition) is 3. The molecule has 0 amide bonds. The van der Waals surface area contributed by atoms with Crippen molar-refractivity contribution in [1.29, 1.82) is 0 Å². The molecule has 172 valence electrons. The molecule has 2 aromatic carbocycles. The molecular weight excluding hydrogens is 452 g/mol. The zero-order chi connectivity index (χ0) is 23.2. The second-order valence-corrected chi connectivity index (χ2v) is 7.78. The van der Waals surface area contributed by atoms with Crippen LogP contribution in [0.2, 0.25) is 0 Å². The number of benzene rings is 2. The van der Waals surface area contributed by atoms with E-state index in [9.17, 15) is 31.1 Å². The predicted molar refractivity (Wildman–Crippen MR) is 108 cm³/mol. The maximum atomic E-state index is 13.4. The minimum atomic E-state index is -5.11. The van der Waals surface area contributed by atoms with Gasteiger partial charge in [-0.15, -0.1) is 0 Å². The molecule has 0 N–H and O–H groups in total. The van der Waals surface area contributed by atoms with Crippen molar-refractivity contribution in [1.82, 2.24) is 0 Å². The van der Waals surface area contributed by atoms with Crippen LogP contribution in [0.5, 0.6) is 11.5 Å². The van der Waals surface area contributed by atoms with Gasteiger partial charge in [0.15, 0.2) is 5.52 Å². The molecule has 0 heterocycles. The fourth-order valence-corrected chi connectivity index (χ4v) is 3.77. The summed E-state index contributed by atoms with van der Waals surface area (Å²) < 4.78 is 91.3. The van der Waals surface area contributed by atoms with Crippen molar-refractivity contribution < 1.29 is 60.9 Å². The normalized spacial score (nSPS) is 12.0. The van der Waals surface area contributed by atoms with E-state index in [1.54, 1.807) is 0 Å². The number of carbonyl (C=O) groups excluding carboxylic acids is 1. The molecule has 0 aliphatic rings. The van der Waals surface area contributed by atoms with Gasteiger partial charge in [-0.1, -0.05) is 19.9 Å². The molecule has 0 spiro atoms. The molecule has 3 nitrogen and oxygen atoms in total. The Bertz CT molecular complexity index is 890. The monoisotopic (exact) mass is 474 g/mol. The van der Waals surface area contributed by atoms with Crippen molar-refractivity contribution in [2.75, 3.05) is 13.2 Å². The summed E-state index contributed by atoms with van der Waals surface area (Å²) >= 11 is 0. The molecule has 0 bridgehead atoms. The summed E-state index contributed by atoms with van der Waals surface area (Å²) in [6, 6.07) is 6.01. The molecule has 2 aromatic rings. The largest absolute Gasteiger partial charge is 1.00 e. The molecule has 1 atom stereocenters. The number of hydrogen-bond donors (Lipinski definition) is 0. The van der Waals surface area contributed by atoms with Crippen molar-refractivity contribution >= 4 is 19.4 Å². The van der Waals surface area contributed by atoms with Crippen molar-refractivity contribution in [2.24, 2.45) is 0 Å². The van der Waals surface area contributed by atoms with Crippen LogP contribution in [0.4, 0.5) is 26.3 Å². The Hall–Kier alpha value is -1.68. The second-order valence-electron chi connectivity index (χ2n) is 6.53. The molecule has 0 saturated heterocycles. The molecule has 1 unspecified atom stereocenters. The van der Waals surface area contributed by atoms with Crippen molar-refractivity contribution in [3.05, 3.63) is 53.1 Å². The molecule has 0 aromatic heterocycles. The zero-order valence-corrected chi connectivity index (χ0v) is 18.8. The molecule has 0 saturated carbocycles. The van der Waals surface area contributed by atoms with Gasteiger partial charge < -0.3 is 10.9 Å². The Morgan fingerprint density at radius 3 is 1.94 bits per heavy atom. The van der Waals surface area contributed by atoms with Gasteiger partial charge in [-0.3, -0.25) is 4.79 Å². The third kappa shape index (κ3) is 7.43. The van der Waals surface area contributed by atoms with E-state index in [1.807, 2.05) is 13.8 Å². The Kier molecular flexibility index (Phi) is 10.6. The Morgan fingerprint density at radius 2 is 1.44 bits per heavy atom. The minimum absolute atomic E-state index is 0. The molecule has 0 aliphatic heterocycles.